The Bertz CT molecular complexity index is 403. The monoisotopic (exact) mass is 217 g/mol. The number of rotatable bonds is 3. The van der Waals surface area contributed by atoms with Crippen molar-refractivity contribution in [2.24, 2.45) is 0 Å². The number of hydrogen-bond donors (Lipinski definition) is 1. The third-order valence-corrected chi connectivity index (χ3v) is 2.44. The van der Waals surface area contributed by atoms with Crippen molar-refractivity contribution < 1.29 is 4.79 Å². The first-order valence-corrected chi connectivity index (χ1v) is 5.02. The molecule has 0 radical (unpaired) electrons. The van der Waals surface area contributed by atoms with Crippen LogP contribution in [-0.2, 0) is 4.79 Å². The molecule has 1 amide bonds. The Kier molecular flexibility index (Phi) is 4.03. The molecule has 0 aliphatic heterocycles. The fourth-order valence-corrected chi connectivity index (χ4v) is 1.11. The van der Waals surface area contributed by atoms with Gasteiger partial charge in [-0.2, -0.15) is 5.26 Å². The first kappa shape index (κ1) is 12.2. The number of benzene rings is 1. The molecule has 0 saturated heterocycles. The number of nitriles is 1. The van der Waals surface area contributed by atoms with E-state index < -0.39 is 0 Å². The third-order valence-electron chi connectivity index (χ3n) is 2.44. The molecule has 1 N–H and O–H groups in total. The lowest BCUT2D eigenvalue weighted by molar-refractivity contribution is -0.119. The standard InChI is InChI=1S/C12H15N3O/c1-9(15(2)3)12(16)14-11-6-4-10(8-13)5-7-11/h4-7,9H,1-3H3,(H,14,16). The zero-order valence-electron chi connectivity index (χ0n) is 9.69. The zero-order valence-corrected chi connectivity index (χ0v) is 9.69. The Morgan fingerprint density at radius 1 is 1.38 bits per heavy atom. The van der Waals surface area contributed by atoms with Gasteiger partial charge in [0.2, 0.25) is 5.91 Å². The SMILES string of the molecule is CC(C(=O)Nc1ccc(C#N)cc1)N(C)C. The van der Waals surface area contributed by atoms with Gasteiger partial charge in [0.05, 0.1) is 17.7 Å². The second-order valence-electron chi connectivity index (χ2n) is 3.82. The van der Waals surface area contributed by atoms with Crippen molar-refractivity contribution >= 4 is 11.6 Å². The summed E-state index contributed by atoms with van der Waals surface area (Å²) in [7, 11) is 3.70. The van der Waals surface area contributed by atoms with Crippen LogP contribution in [0.4, 0.5) is 5.69 Å². The number of nitrogens with one attached hydrogen (secondary N) is 1. The molecule has 0 aromatic heterocycles. The van der Waals surface area contributed by atoms with E-state index in [2.05, 4.69) is 5.32 Å². The van der Waals surface area contributed by atoms with E-state index in [4.69, 9.17) is 5.26 Å². The largest absolute Gasteiger partial charge is 0.325 e. The van der Waals surface area contributed by atoms with Crippen molar-refractivity contribution in [2.45, 2.75) is 13.0 Å². The van der Waals surface area contributed by atoms with E-state index >= 15 is 0 Å². The van der Waals surface area contributed by atoms with Crippen LogP contribution in [0.2, 0.25) is 0 Å². The second-order valence-corrected chi connectivity index (χ2v) is 3.82. The lowest BCUT2D eigenvalue weighted by Crippen LogP contribution is -2.37. The molecule has 0 aliphatic carbocycles. The predicted molar refractivity (Wildman–Crippen MR) is 62.9 cm³/mol. The predicted octanol–water partition coefficient (Wildman–Crippen LogP) is 1.45. The quantitative estimate of drug-likeness (QED) is 0.833. The Balaban J connectivity index is 2.67. The van der Waals surface area contributed by atoms with Crippen LogP contribution in [-0.4, -0.2) is 30.9 Å². The van der Waals surface area contributed by atoms with Crippen LogP contribution in [0.3, 0.4) is 0 Å². The van der Waals surface area contributed by atoms with Crippen LogP contribution in [0.25, 0.3) is 0 Å². The van der Waals surface area contributed by atoms with E-state index in [9.17, 15) is 4.79 Å². The van der Waals surface area contributed by atoms with E-state index in [0.29, 0.717) is 11.3 Å². The molecule has 1 unspecified atom stereocenters. The minimum absolute atomic E-state index is 0.0605. The van der Waals surface area contributed by atoms with Crippen LogP contribution < -0.4 is 5.32 Å². The number of nitrogens with zero attached hydrogens (tertiary/aromatic N) is 2. The summed E-state index contributed by atoms with van der Waals surface area (Å²) >= 11 is 0. The van der Waals surface area contributed by atoms with E-state index in [1.165, 1.54) is 0 Å². The molecule has 16 heavy (non-hydrogen) atoms. The molecule has 84 valence electrons. The fourth-order valence-electron chi connectivity index (χ4n) is 1.11. The van der Waals surface area contributed by atoms with Crippen molar-refractivity contribution in [2.75, 3.05) is 19.4 Å². The molecule has 1 aromatic rings. The van der Waals surface area contributed by atoms with E-state index in [-0.39, 0.29) is 11.9 Å². The summed E-state index contributed by atoms with van der Waals surface area (Å²) in [5.74, 6) is -0.0605. The molecule has 0 saturated carbocycles. The second kappa shape index (κ2) is 5.29. The van der Waals surface area contributed by atoms with Gasteiger partial charge in [0, 0.05) is 5.69 Å². The van der Waals surface area contributed by atoms with Crippen molar-refractivity contribution in [3.05, 3.63) is 29.8 Å². The van der Waals surface area contributed by atoms with Crippen LogP contribution in [0.1, 0.15) is 12.5 Å². The van der Waals surface area contributed by atoms with Crippen molar-refractivity contribution in [3.8, 4) is 6.07 Å². The molecule has 0 fully saturated rings. The average molecular weight is 217 g/mol. The van der Waals surface area contributed by atoms with E-state index in [1.807, 2.05) is 32.0 Å². The van der Waals surface area contributed by atoms with Gasteiger partial charge in [-0.3, -0.25) is 9.69 Å². The van der Waals surface area contributed by atoms with Crippen molar-refractivity contribution in [3.63, 3.8) is 0 Å². The highest BCUT2D eigenvalue weighted by Crippen LogP contribution is 2.09. The molecule has 0 heterocycles. The van der Waals surface area contributed by atoms with Crippen LogP contribution in [0, 0.1) is 11.3 Å². The van der Waals surface area contributed by atoms with Crippen LogP contribution in [0.15, 0.2) is 24.3 Å². The fraction of sp³-hybridized carbons (Fsp3) is 0.333. The van der Waals surface area contributed by atoms with Crippen molar-refractivity contribution in [1.82, 2.24) is 4.90 Å². The van der Waals surface area contributed by atoms with Gasteiger partial charge in [-0.15, -0.1) is 0 Å². The smallest absolute Gasteiger partial charge is 0.241 e. The van der Waals surface area contributed by atoms with Gasteiger partial charge in [-0.25, -0.2) is 0 Å². The molecule has 4 heteroatoms. The van der Waals surface area contributed by atoms with Crippen LogP contribution >= 0.6 is 0 Å². The molecule has 0 aliphatic rings. The summed E-state index contributed by atoms with van der Waals surface area (Å²) in [6.07, 6.45) is 0. The summed E-state index contributed by atoms with van der Waals surface area (Å²) in [5, 5.41) is 11.4. The summed E-state index contributed by atoms with van der Waals surface area (Å²) in [6, 6.07) is 8.64. The number of anilines is 1. The molecule has 1 rings (SSSR count). The minimum Gasteiger partial charge on any atom is -0.325 e. The number of amides is 1. The topological polar surface area (TPSA) is 56.1 Å². The first-order valence-electron chi connectivity index (χ1n) is 5.02. The maximum Gasteiger partial charge on any atom is 0.241 e. The Morgan fingerprint density at radius 3 is 2.38 bits per heavy atom. The summed E-state index contributed by atoms with van der Waals surface area (Å²) in [4.78, 5) is 13.5. The number of carbonyl (C=O) groups excluding carboxylic acids is 1. The lowest BCUT2D eigenvalue weighted by Gasteiger charge is -2.18. The highest BCUT2D eigenvalue weighted by Gasteiger charge is 2.14. The summed E-state index contributed by atoms with van der Waals surface area (Å²) in [6.45, 7) is 1.83. The third kappa shape index (κ3) is 3.07. The first-order chi connectivity index (χ1) is 7.54. The minimum atomic E-state index is -0.185. The highest BCUT2D eigenvalue weighted by molar-refractivity contribution is 5.94. The van der Waals surface area contributed by atoms with Gasteiger partial charge in [0.25, 0.3) is 0 Å². The van der Waals surface area contributed by atoms with Gasteiger partial charge >= 0.3 is 0 Å². The Labute approximate surface area is 95.5 Å². The molecule has 0 spiro atoms. The molecule has 1 aromatic carbocycles. The molecular formula is C12H15N3O. The molecular weight excluding hydrogens is 202 g/mol. The number of likely N-dealkylation sites (N-methyl/N-ethyl adjacent to an activating group) is 1. The highest BCUT2D eigenvalue weighted by atomic mass is 16.2. The normalized spacial score (nSPS) is 11.9. The molecule has 1 atom stereocenters. The van der Waals surface area contributed by atoms with Gasteiger partial charge in [-0.1, -0.05) is 0 Å². The van der Waals surface area contributed by atoms with Gasteiger partial charge < -0.3 is 5.32 Å². The Morgan fingerprint density at radius 2 is 1.94 bits per heavy atom. The van der Waals surface area contributed by atoms with Crippen LogP contribution in [0.5, 0.6) is 0 Å². The maximum atomic E-state index is 11.7. The summed E-state index contributed by atoms with van der Waals surface area (Å²) in [5.41, 5.74) is 1.29. The maximum absolute atomic E-state index is 11.7. The molecule has 4 nitrogen and oxygen atoms in total. The number of hydrogen-bond acceptors (Lipinski definition) is 3. The number of carbonyl (C=O) groups is 1. The van der Waals surface area contributed by atoms with Gasteiger partial charge in [0.15, 0.2) is 0 Å². The zero-order chi connectivity index (χ0) is 12.1. The van der Waals surface area contributed by atoms with E-state index in [0.717, 1.165) is 0 Å². The lowest BCUT2D eigenvalue weighted by atomic mass is 10.2. The van der Waals surface area contributed by atoms with Gasteiger partial charge in [0.1, 0.15) is 0 Å². The molecule has 0 bridgehead atoms. The van der Waals surface area contributed by atoms with Gasteiger partial charge in [-0.05, 0) is 45.3 Å². The van der Waals surface area contributed by atoms with E-state index in [1.54, 1.807) is 24.3 Å². The van der Waals surface area contributed by atoms with Crippen molar-refractivity contribution in [1.29, 1.82) is 5.26 Å². The summed E-state index contributed by atoms with van der Waals surface area (Å²) < 4.78 is 0. The average Bonchev–Trinajstić information content (AvgIpc) is 2.28. The Hall–Kier alpha value is -1.86.